The molecule has 5 nitrogen and oxygen atoms in total. The molecule has 5 heteroatoms. The van der Waals surface area contributed by atoms with E-state index < -0.39 is 0 Å². The van der Waals surface area contributed by atoms with E-state index in [9.17, 15) is 4.79 Å². The van der Waals surface area contributed by atoms with E-state index in [-0.39, 0.29) is 11.9 Å². The molecular formula is C19H22N4O. The highest BCUT2D eigenvalue weighted by molar-refractivity contribution is 5.92. The second-order valence-corrected chi connectivity index (χ2v) is 6.15. The van der Waals surface area contributed by atoms with Gasteiger partial charge in [-0.3, -0.25) is 9.78 Å². The molecule has 3 rings (SSSR count). The maximum atomic E-state index is 12.6. The number of aromatic nitrogens is 2. The fourth-order valence-electron chi connectivity index (χ4n) is 3.00. The fourth-order valence-corrected chi connectivity index (χ4v) is 3.00. The van der Waals surface area contributed by atoms with Crippen LogP contribution in [0.3, 0.4) is 0 Å². The van der Waals surface area contributed by atoms with Gasteiger partial charge in [0.25, 0.3) is 0 Å². The maximum absolute atomic E-state index is 12.6. The van der Waals surface area contributed by atoms with Gasteiger partial charge in [-0.15, -0.1) is 0 Å². The Balaban J connectivity index is 1.76. The molecule has 24 heavy (non-hydrogen) atoms. The Morgan fingerprint density at radius 3 is 2.96 bits per heavy atom. The Bertz CT molecular complexity index is 727. The van der Waals surface area contributed by atoms with E-state index in [1.807, 2.05) is 54.4 Å². The highest BCUT2D eigenvalue weighted by Crippen LogP contribution is 2.33. The van der Waals surface area contributed by atoms with Crippen LogP contribution in [0.15, 0.2) is 48.9 Å². The van der Waals surface area contributed by atoms with Crippen molar-refractivity contribution in [3.63, 3.8) is 0 Å². The molecule has 0 N–H and O–H groups in total. The van der Waals surface area contributed by atoms with Crippen LogP contribution in [0.5, 0.6) is 0 Å². The molecule has 0 spiro atoms. The molecule has 0 bridgehead atoms. The van der Waals surface area contributed by atoms with Gasteiger partial charge in [0.2, 0.25) is 5.91 Å². The third-order valence-electron chi connectivity index (χ3n) is 4.25. The first kappa shape index (κ1) is 16.2. The fraction of sp³-hybridized carbons (Fsp3) is 0.316. The Labute approximate surface area is 142 Å². The quantitative estimate of drug-likeness (QED) is 0.812. The normalized spacial score (nSPS) is 17.4. The molecule has 3 heterocycles. The number of hydrogen-bond acceptors (Lipinski definition) is 4. The van der Waals surface area contributed by atoms with Crippen molar-refractivity contribution < 1.29 is 4.79 Å². The van der Waals surface area contributed by atoms with Crippen LogP contribution >= 0.6 is 0 Å². The van der Waals surface area contributed by atoms with Crippen LogP contribution < -0.4 is 4.90 Å². The van der Waals surface area contributed by atoms with Crippen molar-refractivity contribution in [3.8, 4) is 0 Å². The van der Waals surface area contributed by atoms with E-state index in [4.69, 9.17) is 0 Å². The van der Waals surface area contributed by atoms with Gasteiger partial charge in [0.05, 0.1) is 6.04 Å². The van der Waals surface area contributed by atoms with Crippen molar-refractivity contribution in [2.24, 2.45) is 0 Å². The first-order valence-electron chi connectivity index (χ1n) is 8.17. The van der Waals surface area contributed by atoms with E-state index in [2.05, 4.69) is 16.0 Å². The average molecular weight is 322 g/mol. The second kappa shape index (κ2) is 7.25. The lowest BCUT2D eigenvalue weighted by Gasteiger charge is -2.24. The molecule has 1 amide bonds. The summed E-state index contributed by atoms with van der Waals surface area (Å²) >= 11 is 0. The van der Waals surface area contributed by atoms with Crippen LogP contribution in [0.2, 0.25) is 0 Å². The SMILES string of the molecule is CN(C)c1cc([C@@H]2CCCN2C(=O)/C=C/c2cccnc2)ccn1. The van der Waals surface area contributed by atoms with Gasteiger partial charge in [0, 0.05) is 45.3 Å². The van der Waals surface area contributed by atoms with Crippen LogP contribution in [-0.2, 0) is 4.79 Å². The third kappa shape index (κ3) is 3.62. The van der Waals surface area contributed by atoms with Crippen molar-refractivity contribution in [1.82, 2.24) is 14.9 Å². The summed E-state index contributed by atoms with van der Waals surface area (Å²) in [7, 11) is 3.95. The van der Waals surface area contributed by atoms with Crippen molar-refractivity contribution in [2.45, 2.75) is 18.9 Å². The summed E-state index contributed by atoms with van der Waals surface area (Å²) in [4.78, 5) is 25.0. The van der Waals surface area contributed by atoms with Gasteiger partial charge in [0.15, 0.2) is 0 Å². The summed E-state index contributed by atoms with van der Waals surface area (Å²) in [5.74, 6) is 0.960. The summed E-state index contributed by atoms with van der Waals surface area (Å²) in [6.45, 7) is 0.792. The predicted octanol–water partition coefficient (Wildman–Crippen LogP) is 2.92. The van der Waals surface area contributed by atoms with E-state index in [0.29, 0.717) is 0 Å². The summed E-state index contributed by atoms with van der Waals surface area (Å²) in [5.41, 5.74) is 2.08. The minimum Gasteiger partial charge on any atom is -0.363 e. The Morgan fingerprint density at radius 1 is 1.33 bits per heavy atom. The molecular weight excluding hydrogens is 300 g/mol. The number of rotatable bonds is 4. The molecule has 1 aliphatic heterocycles. The van der Waals surface area contributed by atoms with E-state index >= 15 is 0 Å². The van der Waals surface area contributed by atoms with Crippen molar-refractivity contribution >= 4 is 17.8 Å². The van der Waals surface area contributed by atoms with Crippen LogP contribution in [0.25, 0.3) is 6.08 Å². The van der Waals surface area contributed by atoms with Gasteiger partial charge in [0.1, 0.15) is 5.82 Å². The highest BCUT2D eigenvalue weighted by atomic mass is 16.2. The first-order valence-corrected chi connectivity index (χ1v) is 8.17. The number of carbonyl (C=O) groups excluding carboxylic acids is 1. The molecule has 0 unspecified atom stereocenters. The second-order valence-electron chi connectivity index (χ2n) is 6.15. The number of hydrogen-bond donors (Lipinski definition) is 0. The first-order chi connectivity index (χ1) is 11.6. The molecule has 2 aromatic rings. The summed E-state index contributed by atoms with van der Waals surface area (Å²) in [5, 5.41) is 0. The number of anilines is 1. The third-order valence-corrected chi connectivity index (χ3v) is 4.25. The topological polar surface area (TPSA) is 49.3 Å². The highest BCUT2D eigenvalue weighted by Gasteiger charge is 2.29. The molecule has 1 fully saturated rings. The van der Waals surface area contributed by atoms with E-state index in [1.54, 1.807) is 18.5 Å². The average Bonchev–Trinajstić information content (AvgIpc) is 3.10. The number of nitrogens with zero attached hydrogens (tertiary/aromatic N) is 4. The molecule has 0 aliphatic carbocycles. The van der Waals surface area contributed by atoms with Gasteiger partial charge in [-0.05, 0) is 48.2 Å². The Morgan fingerprint density at radius 2 is 2.21 bits per heavy atom. The van der Waals surface area contributed by atoms with Gasteiger partial charge < -0.3 is 9.80 Å². The van der Waals surface area contributed by atoms with E-state index in [0.717, 1.165) is 36.3 Å². The summed E-state index contributed by atoms with van der Waals surface area (Å²) < 4.78 is 0. The van der Waals surface area contributed by atoms with Gasteiger partial charge >= 0.3 is 0 Å². The molecule has 0 aromatic carbocycles. The van der Waals surface area contributed by atoms with Crippen LogP contribution in [0.1, 0.15) is 30.0 Å². The van der Waals surface area contributed by atoms with Crippen LogP contribution in [-0.4, -0.2) is 41.4 Å². The predicted molar refractivity (Wildman–Crippen MR) is 95.5 cm³/mol. The number of carbonyl (C=O) groups is 1. The zero-order chi connectivity index (χ0) is 16.9. The lowest BCUT2D eigenvalue weighted by atomic mass is 10.1. The van der Waals surface area contributed by atoms with Crippen molar-refractivity contribution in [3.05, 3.63) is 60.1 Å². The number of amides is 1. The van der Waals surface area contributed by atoms with Crippen molar-refractivity contribution in [2.75, 3.05) is 25.5 Å². The summed E-state index contributed by atoms with van der Waals surface area (Å²) in [6.07, 6.45) is 10.8. The zero-order valence-corrected chi connectivity index (χ0v) is 14.1. The van der Waals surface area contributed by atoms with Crippen LogP contribution in [0.4, 0.5) is 5.82 Å². The zero-order valence-electron chi connectivity index (χ0n) is 14.1. The molecule has 1 atom stereocenters. The molecule has 0 saturated carbocycles. The molecule has 2 aromatic heterocycles. The minimum absolute atomic E-state index is 0.0459. The van der Waals surface area contributed by atoms with Crippen LogP contribution in [0, 0.1) is 0 Å². The lowest BCUT2D eigenvalue weighted by Crippen LogP contribution is -2.29. The van der Waals surface area contributed by atoms with Gasteiger partial charge in [-0.25, -0.2) is 4.98 Å². The van der Waals surface area contributed by atoms with Gasteiger partial charge in [-0.2, -0.15) is 0 Å². The summed E-state index contributed by atoms with van der Waals surface area (Å²) in [6, 6.07) is 8.00. The van der Waals surface area contributed by atoms with E-state index in [1.165, 1.54) is 0 Å². The Hall–Kier alpha value is -2.69. The van der Waals surface area contributed by atoms with Gasteiger partial charge in [-0.1, -0.05) is 6.07 Å². The number of likely N-dealkylation sites (tertiary alicyclic amines) is 1. The van der Waals surface area contributed by atoms with Crippen molar-refractivity contribution in [1.29, 1.82) is 0 Å². The molecule has 1 aliphatic rings. The smallest absolute Gasteiger partial charge is 0.247 e. The standard InChI is InChI=1S/C19H22N4O/c1-22(2)18-13-16(9-11-21-18)17-6-4-12-23(17)19(24)8-7-15-5-3-10-20-14-15/h3,5,7-11,13-14,17H,4,6,12H2,1-2H3/b8-7+/t17-/m0/s1. The maximum Gasteiger partial charge on any atom is 0.247 e. The monoisotopic (exact) mass is 322 g/mol. The number of pyridine rings is 2. The lowest BCUT2D eigenvalue weighted by molar-refractivity contribution is -0.126. The molecule has 0 radical (unpaired) electrons. The molecule has 1 saturated heterocycles. The Kier molecular flexibility index (Phi) is 4.89. The minimum atomic E-state index is 0.0459. The molecule has 124 valence electrons. The largest absolute Gasteiger partial charge is 0.363 e.